The molecule has 0 saturated heterocycles. The highest BCUT2D eigenvalue weighted by molar-refractivity contribution is 7.92. The summed E-state index contributed by atoms with van der Waals surface area (Å²) in [4.78, 5) is 12.2. The summed E-state index contributed by atoms with van der Waals surface area (Å²) in [5.74, 6) is -0.400. The highest BCUT2D eigenvalue weighted by atomic mass is 35.5. The lowest BCUT2D eigenvalue weighted by Gasteiger charge is -2.17. The van der Waals surface area contributed by atoms with Gasteiger partial charge in [-0.05, 0) is 67.6 Å². The lowest BCUT2D eigenvalue weighted by Crippen LogP contribution is -2.18. The second-order valence-corrected chi connectivity index (χ2v) is 9.40. The first-order valence-electron chi connectivity index (χ1n) is 9.64. The van der Waals surface area contributed by atoms with Crippen molar-refractivity contribution in [3.63, 3.8) is 0 Å². The Labute approximate surface area is 203 Å². The predicted molar refractivity (Wildman–Crippen MR) is 124 cm³/mol. The van der Waals surface area contributed by atoms with Gasteiger partial charge in [-0.15, -0.1) is 0 Å². The molecule has 0 radical (unpaired) electrons. The number of carbonyl (C=O) groups is 1. The van der Waals surface area contributed by atoms with E-state index < -0.39 is 38.3 Å². The zero-order chi connectivity index (χ0) is 25.1. The van der Waals surface area contributed by atoms with Crippen LogP contribution in [0.2, 0.25) is 10.0 Å². The Morgan fingerprint density at radius 2 is 1.59 bits per heavy atom. The number of benzene rings is 3. The summed E-state index contributed by atoms with van der Waals surface area (Å²) < 4.78 is 73.3. The molecule has 0 spiro atoms. The molecule has 34 heavy (non-hydrogen) atoms. The van der Waals surface area contributed by atoms with Crippen molar-refractivity contribution >= 4 is 50.5 Å². The molecule has 0 aliphatic heterocycles. The molecular weight excluding hydrogens is 516 g/mol. The second kappa shape index (κ2) is 10.1. The molecule has 0 fully saturated rings. The molecule has 0 unspecified atom stereocenters. The number of anilines is 2. The van der Waals surface area contributed by atoms with Gasteiger partial charge in [0.05, 0.1) is 28.4 Å². The summed E-state index contributed by atoms with van der Waals surface area (Å²) in [6.07, 6.45) is -4.85. The Morgan fingerprint density at radius 1 is 0.941 bits per heavy atom. The molecule has 3 rings (SSSR count). The average Bonchev–Trinajstić information content (AvgIpc) is 2.76. The second-order valence-electron chi connectivity index (χ2n) is 6.85. The zero-order valence-electron chi connectivity index (χ0n) is 17.4. The Balaban J connectivity index is 1.97. The number of sulfonamides is 1. The maximum atomic E-state index is 13.4. The molecule has 0 heterocycles. The van der Waals surface area contributed by atoms with E-state index in [1.165, 1.54) is 30.3 Å². The molecule has 3 aromatic rings. The summed E-state index contributed by atoms with van der Waals surface area (Å²) in [5.41, 5.74) is -1.69. The standard InChI is InChI=1S/C22H17Cl2F3N2O4S/c1-2-33-20-10-8-16(12-19(20)28-21(30)13-3-5-14(23)6-4-13)34(31,32)29-18-9-7-15(24)11-17(18)22(25,26)27/h3-12,29H,2H2,1H3,(H,28,30). The number of ether oxygens (including phenoxy) is 1. The molecular formula is C22H17Cl2F3N2O4S. The molecule has 2 N–H and O–H groups in total. The van der Waals surface area contributed by atoms with Crippen molar-refractivity contribution in [2.45, 2.75) is 18.0 Å². The van der Waals surface area contributed by atoms with E-state index in [0.29, 0.717) is 11.1 Å². The van der Waals surface area contributed by atoms with Gasteiger partial charge in [-0.3, -0.25) is 9.52 Å². The minimum atomic E-state index is -4.85. The molecule has 0 bridgehead atoms. The summed E-state index contributed by atoms with van der Waals surface area (Å²) >= 11 is 11.5. The first-order chi connectivity index (χ1) is 15.9. The number of halogens is 5. The van der Waals surface area contributed by atoms with E-state index in [9.17, 15) is 26.4 Å². The van der Waals surface area contributed by atoms with E-state index in [4.69, 9.17) is 27.9 Å². The van der Waals surface area contributed by atoms with Crippen molar-refractivity contribution in [1.29, 1.82) is 0 Å². The minimum Gasteiger partial charge on any atom is -0.492 e. The Hall–Kier alpha value is -2.95. The van der Waals surface area contributed by atoms with Crippen molar-refractivity contribution in [2.24, 2.45) is 0 Å². The van der Waals surface area contributed by atoms with Crippen LogP contribution in [0.4, 0.5) is 24.5 Å². The van der Waals surface area contributed by atoms with Gasteiger partial charge >= 0.3 is 6.18 Å². The molecule has 0 aromatic heterocycles. The van der Waals surface area contributed by atoms with Crippen molar-refractivity contribution in [3.8, 4) is 5.75 Å². The van der Waals surface area contributed by atoms with Crippen LogP contribution in [0.3, 0.4) is 0 Å². The fourth-order valence-corrected chi connectivity index (χ4v) is 4.30. The maximum absolute atomic E-state index is 13.4. The molecule has 0 aliphatic carbocycles. The number of alkyl halides is 3. The third-order valence-corrected chi connectivity index (χ3v) is 6.30. The van der Waals surface area contributed by atoms with E-state index >= 15 is 0 Å². The Morgan fingerprint density at radius 3 is 2.21 bits per heavy atom. The van der Waals surface area contributed by atoms with Crippen molar-refractivity contribution < 1.29 is 31.1 Å². The van der Waals surface area contributed by atoms with Crippen molar-refractivity contribution in [3.05, 3.63) is 81.8 Å². The summed E-state index contributed by atoms with van der Waals surface area (Å²) in [6.45, 7) is 1.91. The quantitative estimate of drug-likeness (QED) is 0.365. The van der Waals surface area contributed by atoms with Crippen LogP contribution in [0, 0.1) is 0 Å². The highest BCUT2D eigenvalue weighted by Gasteiger charge is 2.35. The van der Waals surface area contributed by atoms with Gasteiger partial charge in [0.1, 0.15) is 5.75 Å². The molecule has 1 amide bonds. The molecule has 0 aliphatic rings. The number of carbonyl (C=O) groups excluding carboxylic acids is 1. The number of hydrogen-bond acceptors (Lipinski definition) is 4. The van der Waals surface area contributed by atoms with Gasteiger partial charge in [0.15, 0.2) is 0 Å². The highest BCUT2D eigenvalue weighted by Crippen LogP contribution is 2.38. The number of rotatable bonds is 7. The van der Waals surface area contributed by atoms with Gasteiger partial charge in [-0.2, -0.15) is 13.2 Å². The van der Waals surface area contributed by atoms with Gasteiger partial charge in [0, 0.05) is 15.6 Å². The number of amides is 1. The van der Waals surface area contributed by atoms with Gasteiger partial charge in [-0.25, -0.2) is 8.42 Å². The van der Waals surface area contributed by atoms with Gasteiger partial charge in [0.25, 0.3) is 15.9 Å². The predicted octanol–water partition coefficient (Wildman–Crippen LogP) is 6.46. The lowest BCUT2D eigenvalue weighted by molar-refractivity contribution is -0.136. The Bertz CT molecular complexity index is 1310. The lowest BCUT2D eigenvalue weighted by atomic mass is 10.2. The van der Waals surface area contributed by atoms with Gasteiger partial charge in [-0.1, -0.05) is 23.2 Å². The van der Waals surface area contributed by atoms with E-state index in [1.54, 1.807) is 6.92 Å². The van der Waals surface area contributed by atoms with Crippen LogP contribution in [-0.2, 0) is 16.2 Å². The zero-order valence-corrected chi connectivity index (χ0v) is 19.7. The molecule has 180 valence electrons. The number of nitrogens with one attached hydrogen (secondary N) is 2. The largest absolute Gasteiger partial charge is 0.492 e. The van der Waals surface area contributed by atoms with Gasteiger partial charge < -0.3 is 10.1 Å². The van der Waals surface area contributed by atoms with Crippen LogP contribution in [0.5, 0.6) is 5.75 Å². The third-order valence-electron chi connectivity index (χ3n) is 4.45. The fraction of sp³-hybridized carbons (Fsp3) is 0.136. The first kappa shape index (κ1) is 25.7. The molecule has 6 nitrogen and oxygen atoms in total. The van der Waals surface area contributed by atoms with E-state index in [1.807, 2.05) is 4.72 Å². The summed E-state index contributed by atoms with van der Waals surface area (Å²) in [7, 11) is -4.49. The van der Waals surface area contributed by atoms with Crippen LogP contribution in [0.1, 0.15) is 22.8 Å². The van der Waals surface area contributed by atoms with Crippen LogP contribution < -0.4 is 14.8 Å². The van der Waals surface area contributed by atoms with Crippen LogP contribution in [0.25, 0.3) is 0 Å². The number of hydrogen-bond donors (Lipinski definition) is 2. The fourth-order valence-electron chi connectivity index (χ4n) is 2.89. The van der Waals surface area contributed by atoms with Crippen molar-refractivity contribution in [1.82, 2.24) is 0 Å². The summed E-state index contributed by atoms with van der Waals surface area (Å²) in [5, 5.41) is 2.77. The SMILES string of the molecule is CCOc1ccc(S(=O)(=O)Nc2ccc(Cl)cc2C(F)(F)F)cc1NC(=O)c1ccc(Cl)cc1. The molecule has 0 saturated carbocycles. The van der Waals surface area contributed by atoms with E-state index in [2.05, 4.69) is 5.32 Å². The first-order valence-corrected chi connectivity index (χ1v) is 11.9. The van der Waals surface area contributed by atoms with E-state index in [-0.39, 0.29) is 28.6 Å². The monoisotopic (exact) mass is 532 g/mol. The van der Waals surface area contributed by atoms with Crippen LogP contribution >= 0.6 is 23.2 Å². The molecule has 12 heteroatoms. The normalized spacial score (nSPS) is 11.7. The smallest absolute Gasteiger partial charge is 0.418 e. The van der Waals surface area contributed by atoms with Gasteiger partial charge in [0.2, 0.25) is 0 Å². The molecule has 3 aromatic carbocycles. The average molecular weight is 533 g/mol. The Kier molecular flexibility index (Phi) is 7.64. The maximum Gasteiger partial charge on any atom is 0.418 e. The van der Waals surface area contributed by atoms with Crippen LogP contribution in [-0.4, -0.2) is 20.9 Å². The van der Waals surface area contributed by atoms with E-state index in [0.717, 1.165) is 24.3 Å². The minimum absolute atomic E-state index is 0.0109. The third kappa shape index (κ3) is 6.13. The van der Waals surface area contributed by atoms with Crippen molar-refractivity contribution in [2.75, 3.05) is 16.6 Å². The molecule has 0 atom stereocenters. The topological polar surface area (TPSA) is 84.5 Å². The van der Waals surface area contributed by atoms with Crippen LogP contribution in [0.15, 0.2) is 65.6 Å². The summed E-state index contributed by atoms with van der Waals surface area (Å²) in [6, 6.07) is 12.2.